The van der Waals surface area contributed by atoms with Crippen molar-refractivity contribution >= 4 is 34.7 Å². The predicted molar refractivity (Wildman–Crippen MR) is 86.5 cm³/mol. The van der Waals surface area contributed by atoms with Crippen molar-refractivity contribution in [1.29, 1.82) is 0 Å². The molecular formula is C15H10ClFN2O2S. The fourth-order valence-electron chi connectivity index (χ4n) is 2.19. The van der Waals surface area contributed by atoms with E-state index in [2.05, 4.69) is 0 Å². The van der Waals surface area contributed by atoms with E-state index >= 15 is 0 Å². The van der Waals surface area contributed by atoms with Gasteiger partial charge in [-0.3, -0.25) is 10.1 Å². The molecule has 1 atom stereocenters. The van der Waals surface area contributed by atoms with Crippen LogP contribution in [0.4, 0.5) is 15.8 Å². The molecule has 0 spiro atoms. The van der Waals surface area contributed by atoms with Crippen molar-refractivity contribution in [1.82, 2.24) is 0 Å². The molecule has 0 N–H and O–H groups in total. The molecule has 0 radical (unpaired) electrons. The first kappa shape index (κ1) is 14.9. The summed E-state index contributed by atoms with van der Waals surface area (Å²) in [6.45, 7) is 0. The van der Waals surface area contributed by atoms with E-state index in [4.69, 9.17) is 11.6 Å². The van der Waals surface area contributed by atoms with E-state index in [1.165, 1.54) is 18.2 Å². The van der Waals surface area contributed by atoms with Crippen LogP contribution in [0.2, 0.25) is 5.02 Å². The second-order valence-corrected chi connectivity index (χ2v) is 6.03. The Morgan fingerprint density at radius 1 is 1.23 bits per heavy atom. The highest BCUT2D eigenvalue weighted by Crippen LogP contribution is 2.42. The molecule has 3 rings (SSSR count). The van der Waals surface area contributed by atoms with Gasteiger partial charge in [0.15, 0.2) is 0 Å². The lowest BCUT2D eigenvalue weighted by Gasteiger charge is -2.25. The van der Waals surface area contributed by atoms with Crippen LogP contribution >= 0.6 is 23.4 Å². The fraction of sp³-hybridized carbons (Fsp3) is 0.0667. The van der Waals surface area contributed by atoms with Gasteiger partial charge in [0.25, 0.3) is 5.69 Å². The summed E-state index contributed by atoms with van der Waals surface area (Å²) in [7, 11) is 0. The smallest absolute Gasteiger partial charge is 0.269 e. The lowest BCUT2D eigenvalue weighted by molar-refractivity contribution is -0.384. The molecule has 2 aromatic carbocycles. The summed E-state index contributed by atoms with van der Waals surface area (Å²) in [4.78, 5) is 12.2. The van der Waals surface area contributed by atoms with Crippen LogP contribution in [0.15, 0.2) is 54.1 Å². The number of anilines is 1. The fourth-order valence-corrected chi connectivity index (χ4v) is 3.35. The van der Waals surface area contributed by atoms with E-state index in [0.29, 0.717) is 0 Å². The number of halogens is 2. The second-order valence-electron chi connectivity index (χ2n) is 4.63. The van der Waals surface area contributed by atoms with Crippen molar-refractivity contribution in [3.8, 4) is 0 Å². The van der Waals surface area contributed by atoms with Crippen LogP contribution in [0.3, 0.4) is 0 Å². The first-order valence-electron chi connectivity index (χ1n) is 6.36. The lowest BCUT2D eigenvalue weighted by atomic mass is 10.2. The minimum Gasteiger partial charge on any atom is -0.331 e. The minimum atomic E-state index is -0.465. The summed E-state index contributed by atoms with van der Waals surface area (Å²) in [5, 5.41) is 12.6. The van der Waals surface area contributed by atoms with Crippen LogP contribution in [0.25, 0.3) is 0 Å². The Hall–Kier alpha value is -2.05. The molecule has 2 aromatic rings. The molecule has 0 bridgehead atoms. The van der Waals surface area contributed by atoms with Gasteiger partial charge in [-0.05, 0) is 41.3 Å². The quantitative estimate of drug-likeness (QED) is 0.577. The van der Waals surface area contributed by atoms with E-state index in [1.807, 2.05) is 16.5 Å². The van der Waals surface area contributed by atoms with Crippen molar-refractivity contribution in [2.45, 2.75) is 5.37 Å². The maximum atomic E-state index is 13.3. The summed E-state index contributed by atoms with van der Waals surface area (Å²) in [5.41, 5.74) is 1.73. The number of hydrogen-bond acceptors (Lipinski definition) is 4. The Morgan fingerprint density at radius 2 is 1.95 bits per heavy atom. The van der Waals surface area contributed by atoms with E-state index < -0.39 is 10.7 Å². The van der Waals surface area contributed by atoms with E-state index in [1.54, 1.807) is 36.0 Å². The molecule has 7 heteroatoms. The normalized spacial score (nSPS) is 17.0. The number of benzene rings is 2. The molecular weight excluding hydrogens is 327 g/mol. The molecule has 0 fully saturated rings. The molecule has 112 valence electrons. The number of nitro benzene ring substituents is 1. The largest absolute Gasteiger partial charge is 0.331 e. The van der Waals surface area contributed by atoms with E-state index in [-0.39, 0.29) is 16.1 Å². The van der Waals surface area contributed by atoms with Crippen LogP contribution in [0.1, 0.15) is 10.9 Å². The van der Waals surface area contributed by atoms with Gasteiger partial charge in [0.05, 0.1) is 9.95 Å². The monoisotopic (exact) mass is 336 g/mol. The molecule has 4 nitrogen and oxygen atoms in total. The average molecular weight is 337 g/mol. The predicted octanol–water partition coefficient (Wildman–Crippen LogP) is 5.11. The molecule has 0 aromatic heterocycles. The number of rotatable bonds is 3. The molecule has 1 heterocycles. The zero-order valence-corrected chi connectivity index (χ0v) is 12.7. The van der Waals surface area contributed by atoms with E-state index in [9.17, 15) is 14.5 Å². The SMILES string of the molecule is O=[N+]([O-])c1ccc(C2SC=CN2c2ccc(F)c(Cl)c2)cc1. The summed E-state index contributed by atoms with van der Waals surface area (Å²) in [6.07, 6.45) is 1.88. The van der Waals surface area contributed by atoms with Gasteiger partial charge in [-0.15, -0.1) is 11.8 Å². The molecule has 0 saturated carbocycles. The van der Waals surface area contributed by atoms with E-state index in [0.717, 1.165) is 11.3 Å². The van der Waals surface area contributed by atoms with Gasteiger partial charge in [-0.2, -0.15) is 0 Å². The third kappa shape index (κ3) is 2.80. The van der Waals surface area contributed by atoms with Crippen molar-refractivity contribution in [2.75, 3.05) is 4.90 Å². The molecule has 1 aliphatic rings. The second kappa shape index (κ2) is 5.98. The Balaban J connectivity index is 1.90. The number of nitro groups is 1. The first-order valence-corrected chi connectivity index (χ1v) is 7.68. The summed E-state index contributed by atoms with van der Waals surface area (Å²) < 4.78 is 13.3. The Morgan fingerprint density at radius 3 is 2.59 bits per heavy atom. The minimum absolute atomic E-state index is 0.0519. The molecule has 0 saturated heterocycles. The first-order chi connectivity index (χ1) is 10.6. The molecule has 1 unspecified atom stereocenters. The standard InChI is InChI=1S/C15H10ClFN2O2S/c16-13-9-12(5-6-14(13)17)18-7-8-22-15(18)10-1-3-11(4-2-10)19(20)21/h1-9,15H. The highest BCUT2D eigenvalue weighted by Gasteiger charge is 2.24. The summed E-state index contributed by atoms with van der Waals surface area (Å²) in [5.74, 6) is -0.465. The number of non-ortho nitro benzene ring substituents is 1. The molecule has 22 heavy (non-hydrogen) atoms. The van der Waals surface area contributed by atoms with Crippen LogP contribution in [-0.4, -0.2) is 4.92 Å². The zero-order chi connectivity index (χ0) is 15.7. The van der Waals surface area contributed by atoms with Crippen LogP contribution in [-0.2, 0) is 0 Å². The van der Waals surface area contributed by atoms with Crippen LogP contribution < -0.4 is 4.90 Å². The topological polar surface area (TPSA) is 46.4 Å². The zero-order valence-electron chi connectivity index (χ0n) is 11.1. The summed E-state index contributed by atoms with van der Waals surface area (Å²) in [6, 6.07) is 10.9. The maximum Gasteiger partial charge on any atom is 0.269 e. The Bertz CT molecular complexity index is 752. The van der Waals surface area contributed by atoms with Crippen molar-refractivity contribution in [2.24, 2.45) is 0 Å². The number of hydrogen-bond donors (Lipinski definition) is 0. The highest BCUT2D eigenvalue weighted by atomic mass is 35.5. The van der Waals surface area contributed by atoms with Crippen molar-refractivity contribution in [3.05, 3.63) is 80.6 Å². The third-order valence-corrected chi connectivity index (χ3v) is 4.60. The lowest BCUT2D eigenvalue weighted by Crippen LogP contribution is -2.17. The molecule has 1 aliphatic heterocycles. The van der Waals surface area contributed by atoms with Gasteiger partial charge >= 0.3 is 0 Å². The van der Waals surface area contributed by atoms with Crippen molar-refractivity contribution in [3.63, 3.8) is 0 Å². The molecule has 0 aliphatic carbocycles. The highest BCUT2D eigenvalue weighted by molar-refractivity contribution is 8.02. The van der Waals surface area contributed by atoms with Gasteiger partial charge < -0.3 is 4.90 Å². The maximum absolute atomic E-state index is 13.3. The average Bonchev–Trinajstić information content (AvgIpc) is 2.99. The summed E-state index contributed by atoms with van der Waals surface area (Å²) >= 11 is 7.40. The van der Waals surface area contributed by atoms with Crippen LogP contribution in [0, 0.1) is 15.9 Å². The van der Waals surface area contributed by atoms with Gasteiger partial charge in [0, 0.05) is 24.0 Å². The van der Waals surface area contributed by atoms with Gasteiger partial charge in [0.1, 0.15) is 11.2 Å². The van der Waals surface area contributed by atoms with Gasteiger partial charge in [-0.1, -0.05) is 11.6 Å². The van der Waals surface area contributed by atoms with Crippen LogP contribution in [0.5, 0.6) is 0 Å². The van der Waals surface area contributed by atoms with Gasteiger partial charge in [0.2, 0.25) is 0 Å². The Kier molecular flexibility index (Phi) is 4.04. The molecule has 0 amide bonds. The number of nitrogens with zero attached hydrogens (tertiary/aromatic N) is 2. The number of thioether (sulfide) groups is 1. The third-order valence-electron chi connectivity index (χ3n) is 3.27. The van der Waals surface area contributed by atoms with Gasteiger partial charge in [-0.25, -0.2) is 4.39 Å². The Labute approximate surface area is 135 Å². The van der Waals surface area contributed by atoms with Crippen molar-refractivity contribution < 1.29 is 9.31 Å².